The summed E-state index contributed by atoms with van der Waals surface area (Å²) in [6, 6.07) is 25.6. The molecule has 0 saturated carbocycles. The Bertz CT molecular complexity index is 2070. The minimum absolute atomic E-state index is 0.310. The molecule has 7 aromatic rings. The maximum Gasteiger partial charge on any atom is 0.257 e. The molecule has 0 unspecified atom stereocenters. The summed E-state index contributed by atoms with van der Waals surface area (Å²) in [5, 5.41) is 10.2. The van der Waals surface area contributed by atoms with Gasteiger partial charge in [0, 0.05) is 5.56 Å². The smallest absolute Gasteiger partial charge is 0.257 e. The van der Waals surface area contributed by atoms with Gasteiger partial charge in [-0.1, -0.05) is 60.3 Å². The molecule has 8 rings (SSSR count). The lowest BCUT2D eigenvalue weighted by atomic mass is 9.84. The fraction of sp³-hybridized carbons (Fsp3) is 0.129. The fourth-order valence-electron chi connectivity index (χ4n) is 5.48. The van der Waals surface area contributed by atoms with Crippen molar-refractivity contribution in [3.63, 3.8) is 0 Å². The maximum absolute atomic E-state index is 6.53. The van der Waals surface area contributed by atoms with E-state index in [1.807, 2.05) is 84.4 Å². The minimum atomic E-state index is -0.310. The molecule has 5 heterocycles. The van der Waals surface area contributed by atoms with Crippen LogP contribution in [0.1, 0.15) is 34.1 Å². The summed E-state index contributed by atoms with van der Waals surface area (Å²) in [6.07, 6.45) is 1.63. The van der Waals surface area contributed by atoms with E-state index in [4.69, 9.17) is 34.1 Å². The summed E-state index contributed by atoms with van der Waals surface area (Å²) < 4.78 is 21.8. The first-order chi connectivity index (χ1) is 20.7. The predicted molar refractivity (Wildman–Crippen MR) is 157 cm³/mol. The number of benzene rings is 3. The van der Waals surface area contributed by atoms with Gasteiger partial charge in [0.2, 0.25) is 11.8 Å². The minimum Gasteiger partial charge on any atom is -0.496 e. The molecule has 42 heavy (non-hydrogen) atoms. The molecular weight excluding hydrogens is 550 g/mol. The van der Waals surface area contributed by atoms with Crippen LogP contribution in [0.25, 0.3) is 22.4 Å². The molecule has 0 aliphatic carbocycles. The van der Waals surface area contributed by atoms with Gasteiger partial charge in [-0.2, -0.15) is 5.10 Å². The number of ether oxygens (including phenoxy) is 2. The van der Waals surface area contributed by atoms with E-state index >= 15 is 0 Å². The summed E-state index contributed by atoms with van der Waals surface area (Å²) in [7, 11) is 1.68. The van der Waals surface area contributed by atoms with Crippen LogP contribution < -0.4 is 9.47 Å². The molecule has 0 N–H and O–H groups in total. The molecule has 1 aliphatic rings. The van der Waals surface area contributed by atoms with E-state index in [9.17, 15) is 0 Å². The van der Waals surface area contributed by atoms with Gasteiger partial charge in [0.15, 0.2) is 17.1 Å². The van der Waals surface area contributed by atoms with Crippen LogP contribution in [0.15, 0.2) is 94.8 Å². The van der Waals surface area contributed by atoms with E-state index in [2.05, 4.69) is 11.1 Å². The maximum atomic E-state index is 6.53. The van der Waals surface area contributed by atoms with Crippen LogP contribution in [0.3, 0.4) is 0 Å². The van der Waals surface area contributed by atoms with E-state index < -0.39 is 0 Å². The zero-order chi connectivity index (χ0) is 28.2. The van der Waals surface area contributed by atoms with E-state index in [0.29, 0.717) is 34.2 Å². The summed E-state index contributed by atoms with van der Waals surface area (Å²) >= 11 is 1.45. The normalized spacial score (nSPS) is 14.1. The first kappa shape index (κ1) is 24.6. The third kappa shape index (κ3) is 3.92. The lowest BCUT2D eigenvalue weighted by Crippen LogP contribution is -2.16. The van der Waals surface area contributed by atoms with Crippen molar-refractivity contribution >= 4 is 28.5 Å². The Balaban J connectivity index is 1.26. The topological polar surface area (TPSA) is 105 Å². The van der Waals surface area contributed by atoms with Crippen molar-refractivity contribution in [2.75, 3.05) is 7.11 Å². The monoisotopic (exact) mass is 573 g/mol. The van der Waals surface area contributed by atoms with Crippen molar-refractivity contribution < 1.29 is 13.9 Å². The molecule has 206 valence electrons. The Morgan fingerprint density at radius 3 is 2.57 bits per heavy atom. The van der Waals surface area contributed by atoms with Gasteiger partial charge < -0.3 is 13.9 Å². The number of methoxy groups -OCH3 is 1. The van der Waals surface area contributed by atoms with Gasteiger partial charge in [-0.3, -0.25) is 0 Å². The van der Waals surface area contributed by atoms with Crippen molar-refractivity contribution in [2.24, 2.45) is 0 Å². The highest BCUT2D eigenvalue weighted by molar-refractivity contribution is 7.98. The number of para-hydroxylation sites is 4. The number of hydrogen-bond donors (Lipinski definition) is 0. The molecular formula is C31H23N7O3S. The highest BCUT2D eigenvalue weighted by atomic mass is 32.2. The average Bonchev–Trinajstić information content (AvgIpc) is 3.74. The Hall–Kier alpha value is -5.16. The number of thioether (sulfide) groups is 1. The second kappa shape index (κ2) is 9.74. The van der Waals surface area contributed by atoms with Gasteiger partial charge in [0.05, 0.1) is 41.3 Å². The summed E-state index contributed by atoms with van der Waals surface area (Å²) in [4.78, 5) is 14.2. The van der Waals surface area contributed by atoms with Crippen LogP contribution in [-0.4, -0.2) is 41.5 Å². The molecule has 0 fully saturated rings. The van der Waals surface area contributed by atoms with E-state index in [1.54, 1.807) is 18.0 Å². The molecule has 0 amide bonds. The molecule has 11 heteroatoms. The molecule has 4 aromatic heterocycles. The van der Waals surface area contributed by atoms with Crippen molar-refractivity contribution in [2.45, 2.75) is 23.8 Å². The van der Waals surface area contributed by atoms with Gasteiger partial charge in [-0.25, -0.2) is 24.1 Å². The van der Waals surface area contributed by atoms with Gasteiger partial charge in [-0.05, 0) is 37.3 Å². The van der Waals surface area contributed by atoms with Crippen molar-refractivity contribution in [3.8, 4) is 23.2 Å². The third-order valence-corrected chi connectivity index (χ3v) is 8.14. The summed E-state index contributed by atoms with van der Waals surface area (Å²) in [6.45, 7) is 1.99. The van der Waals surface area contributed by atoms with Crippen molar-refractivity contribution in [1.82, 2.24) is 34.3 Å². The number of nitrogens with zero attached hydrogens (tertiary/aromatic N) is 7. The van der Waals surface area contributed by atoms with Crippen LogP contribution in [0, 0.1) is 6.92 Å². The molecule has 0 spiro atoms. The Morgan fingerprint density at radius 1 is 0.905 bits per heavy atom. The van der Waals surface area contributed by atoms with Crippen LogP contribution in [-0.2, 0) is 5.75 Å². The number of aromatic nitrogens is 7. The largest absolute Gasteiger partial charge is 0.496 e. The van der Waals surface area contributed by atoms with E-state index in [1.165, 1.54) is 11.8 Å². The van der Waals surface area contributed by atoms with Crippen LogP contribution in [0.5, 0.6) is 17.5 Å². The highest BCUT2D eigenvalue weighted by Gasteiger charge is 2.39. The quantitative estimate of drug-likeness (QED) is 0.211. The van der Waals surface area contributed by atoms with E-state index in [0.717, 1.165) is 44.9 Å². The zero-order valence-corrected chi connectivity index (χ0v) is 23.4. The average molecular weight is 574 g/mol. The molecule has 1 atom stereocenters. The van der Waals surface area contributed by atoms with E-state index in [-0.39, 0.29) is 5.92 Å². The van der Waals surface area contributed by atoms with Gasteiger partial charge >= 0.3 is 0 Å². The van der Waals surface area contributed by atoms with Crippen molar-refractivity contribution in [1.29, 1.82) is 0 Å². The molecule has 0 radical (unpaired) electrons. The predicted octanol–water partition coefficient (Wildman–Crippen LogP) is 6.35. The molecule has 1 aliphatic heterocycles. The Kier molecular flexibility index (Phi) is 5.71. The highest BCUT2D eigenvalue weighted by Crippen LogP contribution is 2.51. The number of aryl methyl sites for hydroxylation is 1. The SMILES string of the molecule is COc1ccccc1[C@H]1c2c(C)nn(-c3ccccc3)c2Oc2ncn3nc(CSc4nc5ccccc5o4)nc3c21. The van der Waals surface area contributed by atoms with Gasteiger partial charge in [-0.15, -0.1) is 5.10 Å². The first-order valence-electron chi connectivity index (χ1n) is 13.4. The second-order valence-electron chi connectivity index (χ2n) is 9.82. The molecule has 3 aromatic carbocycles. The third-order valence-electron chi connectivity index (χ3n) is 7.31. The standard InChI is InChI=1S/C31H23N7O3S/c1-18-25-26(20-12-6-8-14-22(20)39-2)27-28-34-24(16-42-31-33-21-13-7-9-15-23(21)40-31)36-37(28)17-32-29(27)41-30(25)38(35-18)19-10-4-3-5-11-19/h3-15,17,26H,16H2,1-2H3/t26-/m0/s1. The number of hydrogen-bond acceptors (Lipinski definition) is 9. The summed E-state index contributed by atoms with van der Waals surface area (Å²) in [5.74, 6) is 2.61. The number of fused-ring (bicyclic) bond motifs is 5. The van der Waals surface area contributed by atoms with Gasteiger partial charge in [0.25, 0.3) is 5.22 Å². The Labute approximate surface area is 244 Å². The van der Waals surface area contributed by atoms with Crippen LogP contribution in [0.4, 0.5) is 0 Å². The zero-order valence-electron chi connectivity index (χ0n) is 22.6. The number of rotatable bonds is 6. The van der Waals surface area contributed by atoms with Crippen molar-refractivity contribution in [3.05, 3.63) is 113 Å². The fourth-order valence-corrected chi connectivity index (χ4v) is 6.17. The Morgan fingerprint density at radius 2 is 1.71 bits per heavy atom. The second-order valence-corrected chi connectivity index (χ2v) is 10.8. The number of oxazole rings is 1. The molecule has 0 saturated heterocycles. The lowest BCUT2D eigenvalue weighted by molar-refractivity contribution is 0.393. The lowest BCUT2D eigenvalue weighted by Gasteiger charge is -2.27. The first-order valence-corrected chi connectivity index (χ1v) is 14.3. The molecule has 10 nitrogen and oxygen atoms in total. The van der Waals surface area contributed by atoms with Crippen LogP contribution >= 0.6 is 11.8 Å². The molecule has 0 bridgehead atoms. The van der Waals surface area contributed by atoms with Crippen LogP contribution in [0.2, 0.25) is 0 Å². The summed E-state index contributed by atoms with van der Waals surface area (Å²) in [5.41, 5.74) is 6.64. The van der Waals surface area contributed by atoms with Gasteiger partial charge in [0.1, 0.15) is 17.6 Å².